The van der Waals surface area contributed by atoms with Gasteiger partial charge in [0.1, 0.15) is 0 Å². The van der Waals surface area contributed by atoms with Gasteiger partial charge in [-0.3, -0.25) is 9.89 Å². The van der Waals surface area contributed by atoms with Crippen molar-refractivity contribution in [3.8, 4) is 0 Å². The van der Waals surface area contributed by atoms with Crippen LogP contribution in [0.3, 0.4) is 0 Å². The number of nitrogens with zero attached hydrogens (tertiary/aromatic N) is 2. The fourth-order valence-corrected chi connectivity index (χ4v) is 3.69. The van der Waals surface area contributed by atoms with Gasteiger partial charge in [-0.1, -0.05) is 30.3 Å². The summed E-state index contributed by atoms with van der Waals surface area (Å²) in [5.41, 5.74) is 1.40. The van der Waals surface area contributed by atoms with Gasteiger partial charge in [0.25, 0.3) is 0 Å². The fourth-order valence-electron chi connectivity index (χ4n) is 3.69. The number of hydrogen-bond acceptors (Lipinski definition) is 3. The number of nitrogens with one attached hydrogen (secondary N) is 2. The Hall–Kier alpha value is -0.860. The SMILES string of the molecule is CN=C(NCCC1CCCO1)NC1CCN(Cc2ccccc2)CC1.I. The molecule has 2 heterocycles. The van der Waals surface area contributed by atoms with Gasteiger partial charge in [0.2, 0.25) is 0 Å². The number of benzene rings is 1. The van der Waals surface area contributed by atoms with E-state index >= 15 is 0 Å². The molecule has 1 aromatic carbocycles. The van der Waals surface area contributed by atoms with Crippen molar-refractivity contribution >= 4 is 29.9 Å². The molecular weight excluding hydrogens is 439 g/mol. The number of aliphatic imine (C=N–C) groups is 1. The van der Waals surface area contributed by atoms with Crippen LogP contribution >= 0.6 is 24.0 Å². The van der Waals surface area contributed by atoms with Crippen LogP contribution in [0.15, 0.2) is 35.3 Å². The van der Waals surface area contributed by atoms with Gasteiger partial charge in [-0.15, -0.1) is 24.0 Å². The highest BCUT2D eigenvalue weighted by atomic mass is 127. The third-order valence-electron chi connectivity index (χ3n) is 5.18. The van der Waals surface area contributed by atoms with Gasteiger partial charge in [0, 0.05) is 45.9 Å². The van der Waals surface area contributed by atoms with Crippen molar-refractivity contribution in [2.45, 2.75) is 50.8 Å². The van der Waals surface area contributed by atoms with Crippen LogP contribution in [0, 0.1) is 0 Å². The van der Waals surface area contributed by atoms with Gasteiger partial charge in [0.15, 0.2) is 5.96 Å². The first-order chi connectivity index (χ1) is 12.3. The number of halogens is 1. The Kier molecular flexibility index (Phi) is 9.71. The molecule has 0 aromatic heterocycles. The van der Waals surface area contributed by atoms with E-state index in [1.807, 2.05) is 7.05 Å². The minimum Gasteiger partial charge on any atom is -0.378 e. The summed E-state index contributed by atoms with van der Waals surface area (Å²) in [6.45, 7) is 5.19. The monoisotopic (exact) mass is 472 g/mol. The Bertz CT molecular complexity index is 526. The molecule has 2 fully saturated rings. The fraction of sp³-hybridized carbons (Fsp3) is 0.650. The maximum Gasteiger partial charge on any atom is 0.191 e. The van der Waals surface area contributed by atoms with Crippen molar-refractivity contribution in [2.24, 2.45) is 4.99 Å². The van der Waals surface area contributed by atoms with Crippen molar-refractivity contribution in [1.29, 1.82) is 0 Å². The smallest absolute Gasteiger partial charge is 0.191 e. The standard InChI is InChI=1S/C20H32N4O.HI/c1-21-20(22-12-9-19-8-5-15-25-19)23-18-10-13-24(14-11-18)16-17-6-3-2-4-7-17;/h2-4,6-7,18-19H,5,8-16H2,1H3,(H2,21,22,23);1H. The third-order valence-corrected chi connectivity index (χ3v) is 5.18. The van der Waals surface area contributed by atoms with E-state index in [0.29, 0.717) is 12.1 Å². The van der Waals surface area contributed by atoms with Gasteiger partial charge in [-0.05, 0) is 37.7 Å². The predicted octanol–water partition coefficient (Wildman–Crippen LogP) is 3.00. The molecule has 1 aromatic rings. The molecule has 0 radical (unpaired) electrons. The van der Waals surface area contributed by atoms with E-state index in [4.69, 9.17) is 4.74 Å². The van der Waals surface area contributed by atoms with Crippen LogP contribution in [0.25, 0.3) is 0 Å². The van der Waals surface area contributed by atoms with Crippen molar-refractivity contribution < 1.29 is 4.74 Å². The molecule has 0 amide bonds. The molecule has 1 atom stereocenters. The van der Waals surface area contributed by atoms with Crippen LogP contribution in [0.5, 0.6) is 0 Å². The highest BCUT2D eigenvalue weighted by Gasteiger charge is 2.20. The molecule has 146 valence electrons. The Labute approximate surface area is 175 Å². The molecule has 3 rings (SSSR count). The van der Waals surface area contributed by atoms with E-state index in [1.165, 1.54) is 31.2 Å². The first kappa shape index (κ1) is 21.4. The zero-order valence-corrected chi connectivity index (χ0v) is 18.2. The molecule has 0 aliphatic carbocycles. The maximum absolute atomic E-state index is 5.67. The van der Waals surface area contributed by atoms with Crippen LogP contribution in [0.2, 0.25) is 0 Å². The topological polar surface area (TPSA) is 48.9 Å². The molecule has 0 spiro atoms. The van der Waals surface area contributed by atoms with Gasteiger partial charge in [0.05, 0.1) is 6.10 Å². The second-order valence-electron chi connectivity index (χ2n) is 7.10. The number of piperidine rings is 1. The average Bonchev–Trinajstić information content (AvgIpc) is 3.17. The average molecular weight is 472 g/mol. The molecule has 0 saturated carbocycles. The normalized spacial score (nSPS) is 22.0. The number of hydrogen-bond donors (Lipinski definition) is 2. The van der Waals surface area contributed by atoms with E-state index in [1.54, 1.807) is 0 Å². The van der Waals surface area contributed by atoms with Crippen molar-refractivity contribution in [3.63, 3.8) is 0 Å². The second kappa shape index (κ2) is 11.8. The summed E-state index contributed by atoms with van der Waals surface area (Å²) < 4.78 is 5.67. The molecule has 2 saturated heterocycles. The summed E-state index contributed by atoms with van der Waals surface area (Å²) in [6, 6.07) is 11.3. The predicted molar refractivity (Wildman–Crippen MR) is 118 cm³/mol. The van der Waals surface area contributed by atoms with E-state index in [-0.39, 0.29) is 24.0 Å². The number of guanidine groups is 1. The van der Waals surface area contributed by atoms with E-state index in [0.717, 1.165) is 45.2 Å². The molecule has 5 nitrogen and oxygen atoms in total. The third kappa shape index (κ3) is 7.04. The Morgan fingerprint density at radius 3 is 2.62 bits per heavy atom. The van der Waals surface area contributed by atoms with E-state index in [2.05, 4.69) is 50.9 Å². The van der Waals surface area contributed by atoms with E-state index < -0.39 is 0 Å². The molecule has 2 aliphatic heterocycles. The first-order valence-electron chi connectivity index (χ1n) is 9.68. The van der Waals surface area contributed by atoms with Crippen molar-refractivity contribution in [3.05, 3.63) is 35.9 Å². The minimum absolute atomic E-state index is 0. The Balaban J connectivity index is 0.00000243. The number of ether oxygens (including phenoxy) is 1. The van der Waals surface area contributed by atoms with Crippen molar-refractivity contribution in [1.82, 2.24) is 15.5 Å². The number of rotatable bonds is 6. The highest BCUT2D eigenvalue weighted by Crippen LogP contribution is 2.15. The summed E-state index contributed by atoms with van der Waals surface area (Å²) in [6.07, 6.45) is 6.24. The lowest BCUT2D eigenvalue weighted by Gasteiger charge is -2.33. The molecular formula is C20H33IN4O. The molecule has 6 heteroatoms. The van der Waals surface area contributed by atoms with Gasteiger partial charge < -0.3 is 15.4 Å². The van der Waals surface area contributed by atoms with Crippen LogP contribution in [0.4, 0.5) is 0 Å². The molecule has 1 unspecified atom stereocenters. The van der Waals surface area contributed by atoms with Crippen LogP contribution in [-0.4, -0.2) is 56.3 Å². The zero-order valence-electron chi connectivity index (χ0n) is 15.8. The van der Waals surface area contributed by atoms with Gasteiger partial charge >= 0.3 is 0 Å². The van der Waals surface area contributed by atoms with Crippen LogP contribution in [0.1, 0.15) is 37.7 Å². The lowest BCUT2D eigenvalue weighted by molar-refractivity contribution is 0.105. The minimum atomic E-state index is 0. The summed E-state index contributed by atoms with van der Waals surface area (Å²) in [4.78, 5) is 6.92. The lowest BCUT2D eigenvalue weighted by atomic mass is 10.0. The molecule has 26 heavy (non-hydrogen) atoms. The van der Waals surface area contributed by atoms with Gasteiger partial charge in [-0.25, -0.2) is 0 Å². The lowest BCUT2D eigenvalue weighted by Crippen LogP contribution is -2.48. The summed E-state index contributed by atoms with van der Waals surface area (Å²) in [5.74, 6) is 0.930. The summed E-state index contributed by atoms with van der Waals surface area (Å²) >= 11 is 0. The molecule has 2 N–H and O–H groups in total. The number of likely N-dealkylation sites (tertiary alicyclic amines) is 1. The summed E-state index contributed by atoms with van der Waals surface area (Å²) in [7, 11) is 1.85. The molecule has 2 aliphatic rings. The van der Waals surface area contributed by atoms with E-state index in [9.17, 15) is 0 Å². The van der Waals surface area contributed by atoms with Crippen LogP contribution in [-0.2, 0) is 11.3 Å². The highest BCUT2D eigenvalue weighted by molar-refractivity contribution is 14.0. The maximum atomic E-state index is 5.67. The second-order valence-corrected chi connectivity index (χ2v) is 7.10. The summed E-state index contributed by atoms with van der Waals surface area (Å²) in [5, 5.41) is 7.03. The Morgan fingerprint density at radius 2 is 1.96 bits per heavy atom. The Morgan fingerprint density at radius 1 is 1.19 bits per heavy atom. The zero-order chi connectivity index (χ0) is 17.3. The van der Waals surface area contributed by atoms with Crippen LogP contribution < -0.4 is 10.6 Å². The largest absolute Gasteiger partial charge is 0.378 e. The van der Waals surface area contributed by atoms with Gasteiger partial charge in [-0.2, -0.15) is 0 Å². The first-order valence-corrected chi connectivity index (χ1v) is 9.68. The quantitative estimate of drug-likeness (QED) is 0.380. The molecule has 0 bridgehead atoms. The van der Waals surface area contributed by atoms with Crippen molar-refractivity contribution in [2.75, 3.05) is 33.3 Å².